The molecule has 0 fully saturated rings. The highest BCUT2D eigenvalue weighted by molar-refractivity contribution is 6.42. The predicted molar refractivity (Wildman–Crippen MR) is 79.7 cm³/mol. The van der Waals surface area contributed by atoms with Crippen molar-refractivity contribution in [3.8, 4) is 0 Å². The van der Waals surface area contributed by atoms with E-state index in [0.717, 1.165) is 11.1 Å². The van der Waals surface area contributed by atoms with Gasteiger partial charge in [0.25, 0.3) is 0 Å². The van der Waals surface area contributed by atoms with Crippen molar-refractivity contribution >= 4 is 40.2 Å². The predicted octanol–water partition coefficient (Wildman–Crippen LogP) is 4.11. The quantitative estimate of drug-likeness (QED) is 0.774. The highest BCUT2D eigenvalue weighted by Crippen LogP contribution is 2.29. The Kier molecular flexibility index (Phi) is 3.28. The Balaban J connectivity index is 2.11. The summed E-state index contributed by atoms with van der Waals surface area (Å²) in [4.78, 5) is 4.24. The number of aromatic nitrogens is 2. The fourth-order valence-corrected chi connectivity index (χ4v) is 2.44. The number of halogens is 3. The lowest BCUT2D eigenvalue weighted by Gasteiger charge is -2.07. The number of hydrogen-bond donors (Lipinski definition) is 1. The lowest BCUT2D eigenvalue weighted by Crippen LogP contribution is -2.04. The minimum atomic E-state index is -0.286. The van der Waals surface area contributed by atoms with E-state index in [1.54, 1.807) is 22.8 Å². The molecule has 0 saturated carbocycles. The Morgan fingerprint density at radius 1 is 1.15 bits per heavy atom. The second kappa shape index (κ2) is 4.96. The number of imidazole rings is 1. The van der Waals surface area contributed by atoms with Gasteiger partial charge in [-0.15, -0.1) is 0 Å². The van der Waals surface area contributed by atoms with Gasteiger partial charge in [0.2, 0.25) is 5.95 Å². The molecule has 0 aliphatic heterocycles. The number of hydrogen-bond acceptors (Lipinski definition) is 2. The first kappa shape index (κ1) is 13.2. The molecule has 3 rings (SSSR count). The van der Waals surface area contributed by atoms with Crippen LogP contribution in [0.5, 0.6) is 0 Å². The molecule has 6 heteroatoms. The van der Waals surface area contributed by atoms with Gasteiger partial charge in [0.1, 0.15) is 5.82 Å². The van der Waals surface area contributed by atoms with Crippen molar-refractivity contribution in [3.05, 3.63) is 57.8 Å². The molecule has 0 unspecified atom stereocenters. The normalized spacial score (nSPS) is 11.2. The van der Waals surface area contributed by atoms with Gasteiger partial charge >= 0.3 is 0 Å². The van der Waals surface area contributed by atoms with Crippen LogP contribution in [0.15, 0.2) is 36.4 Å². The van der Waals surface area contributed by atoms with E-state index in [2.05, 4.69) is 4.98 Å². The summed E-state index contributed by atoms with van der Waals surface area (Å²) in [5.74, 6) is 0.0502. The van der Waals surface area contributed by atoms with Crippen LogP contribution in [0, 0.1) is 5.82 Å². The first-order valence-corrected chi connectivity index (χ1v) is 6.65. The topological polar surface area (TPSA) is 43.8 Å². The Labute approximate surface area is 124 Å². The lowest BCUT2D eigenvalue weighted by molar-refractivity contribution is 0.624. The molecule has 0 bridgehead atoms. The Hall–Kier alpha value is -1.78. The summed E-state index contributed by atoms with van der Waals surface area (Å²) < 4.78 is 15.0. The minimum absolute atomic E-state index is 0.286. The summed E-state index contributed by atoms with van der Waals surface area (Å²) in [6, 6.07) is 9.72. The molecule has 20 heavy (non-hydrogen) atoms. The molecule has 0 atom stereocenters. The first-order valence-electron chi connectivity index (χ1n) is 5.90. The molecule has 102 valence electrons. The van der Waals surface area contributed by atoms with E-state index < -0.39 is 0 Å². The van der Waals surface area contributed by atoms with E-state index in [0.29, 0.717) is 28.1 Å². The van der Waals surface area contributed by atoms with E-state index in [1.807, 2.05) is 6.07 Å². The fourth-order valence-electron chi connectivity index (χ4n) is 2.12. The zero-order chi connectivity index (χ0) is 14.3. The van der Waals surface area contributed by atoms with Gasteiger partial charge in [-0.2, -0.15) is 0 Å². The molecule has 1 aromatic heterocycles. The van der Waals surface area contributed by atoms with Crippen LogP contribution >= 0.6 is 23.2 Å². The van der Waals surface area contributed by atoms with Gasteiger partial charge in [-0.05, 0) is 29.8 Å². The molecule has 2 aromatic carbocycles. The van der Waals surface area contributed by atoms with Crippen molar-refractivity contribution in [3.63, 3.8) is 0 Å². The van der Waals surface area contributed by atoms with Crippen LogP contribution in [-0.4, -0.2) is 9.55 Å². The van der Waals surface area contributed by atoms with E-state index >= 15 is 0 Å². The Morgan fingerprint density at radius 3 is 2.65 bits per heavy atom. The monoisotopic (exact) mass is 309 g/mol. The van der Waals surface area contributed by atoms with Crippen LogP contribution in [0.2, 0.25) is 10.0 Å². The van der Waals surface area contributed by atoms with Crippen molar-refractivity contribution in [2.24, 2.45) is 0 Å². The first-order chi connectivity index (χ1) is 9.54. The molecule has 3 aromatic rings. The highest BCUT2D eigenvalue weighted by atomic mass is 35.5. The second-order valence-corrected chi connectivity index (χ2v) is 5.26. The fraction of sp³-hybridized carbons (Fsp3) is 0.0714. The lowest BCUT2D eigenvalue weighted by atomic mass is 10.2. The third-order valence-electron chi connectivity index (χ3n) is 3.05. The van der Waals surface area contributed by atoms with Crippen LogP contribution in [-0.2, 0) is 6.54 Å². The Bertz CT molecular complexity index is 798. The number of fused-ring (bicyclic) bond motifs is 1. The summed E-state index contributed by atoms with van der Waals surface area (Å²) >= 11 is 12.0. The van der Waals surface area contributed by atoms with Crippen LogP contribution < -0.4 is 5.73 Å². The molecular formula is C14H10Cl2FN3. The van der Waals surface area contributed by atoms with Gasteiger partial charge in [0.05, 0.1) is 27.6 Å². The van der Waals surface area contributed by atoms with E-state index in [-0.39, 0.29) is 5.82 Å². The van der Waals surface area contributed by atoms with Crippen LogP contribution in [0.3, 0.4) is 0 Å². The average molecular weight is 310 g/mol. The maximum atomic E-state index is 13.2. The summed E-state index contributed by atoms with van der Waals surface area (Å²) in [6.07, 6.45) is 0. The highest BCUT2D eigenvalue weighted by Gasteiger charge is 2.11. The van der Waals surface area contributed by atoms with Crippen molar-refractivity contribution < 1.29 is 4.39 Å². The van der Waals surface area contributed by atoms with Crippen molar-refractivity contribution in [2.75, 3.05) is 5.73 Å². The number of anilines is 1. The smallest absolute Gasteiger partial charge is 0.201 e. The standard InChI is InChI=1S/C14H10Cl2FN3/c15-10-5-12-13(6-11(10)16)20(14(18)19-12)7-8-2-1-3-9(17)4-8/h1-6H,7H2,(H2,18,19). The molecule has 3 nitrogen and oxygen atoms in total. The SMILES string of the molecule is Nc1nc2cc(Cl)c(Cl)cc2n1Cc1cccc(F)c1. The van der Waals surface area contributed by atoms with E-state index in [4.69, 9.17) is 28.9 Å². The minimum Gasteiger partial charge on any atom is -0.369 e. The maximum Gasteiger partial charge on any atom is 0.201 e. The molecule has 0 radical (unpaired) electrons. The third-order valence-corrected chi connectivity index (χ3v) is 3.77. The Morgan fingerprint density at radius 2 is 1.90 bits per heavy atom. The summed E-state index contributed by atoms with van der Waals surface area (Å²) in [5.41, 5.74) is 8.13. The average Bonchev–Trinajstić information content (AvgIpc) is 2.67. The van der Waals surface area contributed by atoms with Gasteiger partial charge < -0.3 is 10.3 Å². The largest absolute Gasteiger partial charge is 0.369 e. The zero-order valence-corrected chi connectivity index (χ0v) is 11.8. The van der Waals surface area contributed by atoms with Crippen LogP contribution in [0.4, 0.5) is 10.3 Å². The summed E-state index contributed by atoms with van der Waals surface area (Å²) in [7, 11) is 0. The van der Waals surface area contributed by atoms with E-state index in [9.17, 15) is 4.39 Å². The summed E-state index contributed by atoms with van der Waals surface area (Å²) in [5, 5.41) is 0.856. The number of nitrogens with zero attached hydrogens (tertiary/aromatic N) is 2. The van der Waals surface area contributed by atoms with Crippen LogP contribution in [0.25, 0.3) is 11.0 Å². The molecule has 1 heterocycles. The molecule has 0 saturated heterocycles. The van der Waals surface area contributed by atoms with Gasteiger partial charge in [-0.3, -0.25) is 0 Å². The maximum absolute atomic E-state index is 13.2. The van der Waals surface area contributed by atoms with Gasteiger partial charge in [0.15, 0.2) is 0 Å². The molecule has 0 spiro atoms. The third kappa shape index (κ3) is 2.32. The molecule has 0 amide bonds. The molecular weight excluding hydrogens is 300 g/mol. The number of nitrogens with two attached hydrogens (primary N) is 1. The van der Waals surface area contributed by atoms with E-state index in [1.165, 1.54) is 12.1 Å². The van der Waals surface area contributed by atoms with Crippen molar-refractivity contribution in [2.45, 2.75) is 6.54 Å². The number of benzene rings is 2. The number of nitrogen functional groups attached to an aromatic ring is 1. The summed E-state index contributed by atoms with van der Waals surface area (Å²) in [6.45, 7) is 0.415. The van der Waals surface area contributed by atoms with Crippen molar-refractivity contribution in [1.82, 2.24) is 9.55 Å². The van der Waals surface area contributed by atoms with Gasteiger partial charge in [-0.25, -0.2) is 9.37 Å². The zero-order valence-electron chi connectivity index (χ0n) is 10.3. The van der Waals surface area contributed by atoms with Crippen molar-refractivity contribution in [1.29, 1.82) is 0 Å². The van der Waals surface area contributed by atoms with Crippen LogP contribution in [0.1, 0.15) is 5.56 Å². The molecule has 0 aliphatic carbocycles. The second-order valence-electron chi connectivity index (χ2n) is 4.44. The molecule has 0 aliphatic rings. The number of rotatable bonds is 2. The van der Waals surface area contributed by atoms with Gasteiger partial charge in [0, 0.05) is 0 Å². The molecule has 2 N–H and O–H groups in total. The van der Waals surface area contributed by atoms with Gasteiger partial charge in [-0.1, -0.05) is 35.3 Å².